The first-order chi connectivity index (χ1) is 9.61. The second-order valence-electron chi connectivity index (χ2n) is 4.43. The average molecular weight is 270 g/mol. The molecule has 0 saturated carbocycles. The van der Waals surface area contributed by atoms with Crippen LogP contribution in [0.2, 0.25) is 0 Å². The van der Waals surface area contributed by atoms with Crippen LogP contribution in [0.25, 0.3) is 0 Å². The standard InChI is InChI=1S/C16H14O4/c17-10-12-7-5-11(6-8-12)9-15(18)13-3-1-2-4-14(13)16(19)20/h1-8,17H,9-10H2,(H,19,20). The summed E-state index contributed by atoms with van der Waals surface area (Å²) < 4.78 is 0. The zero-order valence-electron chi connectivity index (χ0n) is 10.7. The third-order valence-electron chi connectivity index (χ3n) is 3.03. The number of hydrogen-bond donors (Lipinski definition) is 2. The molecule has 2 aromatic carbocycles. The van der Waals surface area contributed by atoms with Crippen molar-refractivity contribution in [2.75, 3.05) is 0 Å². The van der Waals surface area contributed by atoms with Gasteiger partial charge in [-0.1, -0.05) is 42.5 Å². The summed E-state index contributed by atoms with van der Waals surface area (Å²) in [5, 5.41) is 18.0. The number of benzene rings is 2. The minimum atomic E-state index is -1.11. The Labute approximate surface area is 116 Å². The molecule has 0 amide bonds. The highest BCUT2D eigenvalue weighted by molar-refractivity contribution is 6.06. The highest BCUT2D eigenvalue weighted by Crippen LogP contribution is 2.13. The fraction of sp³-hybridized carbons (Fsp3) is 0.125. The first-order valence-corrected chi connectivity index (χ1v) is 6.16. The Morgan fingerprint density at radius 1 is 0.850 bits per heavy atom. The maximum atomic E-state index is 12.2. The first kappa shape index (κ1) is 14.0. The third kappa shape index (κ3) is 3.10. The Kier molecular flexibility index (Phi) is 4.27. The highest BCUT2D eigenvalue weighted by atomic mass is 16.4. The van der Waals surface area contributed by atoms with Gasteiger partial charge in [0.25, 0.3) is 0 Å². The molecule has 0 spiro atoms. The molecule has 0 radical (unpaired) electrons. The molecule has 102 valence electrons. The van der Waals surface area contributed by atoms with Crippen LogP contribution < -0.4 is 0 Å². The van der Waals surface area contributed by atoms with Crippen LogP contribution in [0.1, 0.15) is 31.8 Å². The minimum Gasteiger partial charge on any atom is -0.478 e. The zero-order chi connectivity index (χ0) is 14.5. The van der Waals surface area contributed by atoms with Gasteiger partial charge in [0.05, 0.1) is 12.2 Å². The molecule has 0 saturated heterocycles. The number of aliphatic hydroxyl groups excluding tert-OH is 1. The molecule has 0 heterocycles. The molecule has 0 atom stereocenters. The number of hydrogen-bond acceptors (Lipinski definition) is 3. The molecule has 2 N–H and O–H groups in total. The molecule has 0 aliphatic carbocycles. The van der Waals surface area contributed by atoms with Crippen molar-refractivity contribution in [2.45, 2.75) is 13.0 Å². The number of carbonyl (C=O) groups excluding carboxylic acids is 1. The lowest BCUT2D eigenvalue weighted by Crippen LogP contribution is -2.10. The molecule has 4 heteroatoms. The van der Waals surface area contributed by atoms with Gasteiger partial charge >= 0.3 is 5.97 Å². The lowest BCUT2D eigenvalue weighted by Gasteiger charge is -2.05. The number of ketones is 1. The van der Waals surface area contributed by atoms with Gasteiger partial charge in [0, 0.05) is 12.0 Å². The number of carboxylic acids is 1. The van der Waals surface area contributed by atoms with E-state index in [2.05, 4.69) is 0 Å². The van der Waals surface area contributed by atoms with Crippen LogP contribution in [0.15, 0.2) is 48.5 Å². The molecule has 2 rings (SSSR count). The van der Waals surface area contributed by atoms with E-state index in [1.165, 1.54) is 12.1 Å². The molecule has 0 aromatic heterocycles. The number of carboxylic acid groups (broad SMARTS) is 1. The summed E-state index contributed by atoms with van der Waals surface area (Å²) in [4.78, 5) is 23.3. The van der Waals surface area contributed by atoms with E-state index in [-0.39, 0.29) is 29.9 Å². The lowest BCUT2D eigenvalue weighted by molar-refractivity contribution is 0.0692. The van der Waals surface area contributed by atoms with E-state index >= 15 is 0 Å². The molecule has 0 fully saturated rings. The number of carbonyl (C=O) groups is 2. The Morgan fingerprint density at radius 2 is 1.40 bits per heavy atom. The Hall–Kier alpha value is -2.46. The van der Waals surface area contributed by atoms with Gasteiger partial charge in [0.2, 0.25) is 0 Å². The van der Waals surface area contributed by atoms with E-state index in [1.807, 2.05) is 0 Å². The van der Waals surface area contributed by atoms with Gasteiger partial charge in [-0.2, -0.15) is 0 Å². The molecule has 0 aliphatic rings. The Morgan fingerprint density at radius 3 is 1.95 bits per heavy atom. The van der Waals surface area contributed by atoms with Gasteiger partial charge in [0.1, 0.15) is 0 Å². The topological polar surface area (TPSA) is 74.6 Å². The summed E-state index contributed by atoms with van der Waals surface area (Å²) in [7, 11) is 0. The largest absolute Gasteiger partial charge is 0.478 e. The Bertz CT molecular complexity index is 629. The zero-order valence-corrected chi connectivity index (χ0v) is 10.7. The molecule has 2 aromatic rings. The van der Waals surface area contributed by atoms with Crippen molar-refractivity contribution < 1.29 is 19.8 Å². The summed E-state index contributed by atoms with van der Waals surface area (Å²) >= 11 is 0. The summed E-state index contributed by atoms with van der Waals surface area (Å²) in [6.07, 6.45) is 0.135. The van der Waals surface area contributed by atoms with Crippen molar-refractivity contribution in [3.05, 3.63) is 70.8 Å². The fourth-order valence-corrected chi connectivity index (χ4v) is 1.96. The smallest absolute Gasteiger partial charge is 0.336 e. The lowest BCUT2D eigenvalue weighted by atomic mass is 9.98. The molecular formula is C16H14O4. The minimum absolute atomic E-state index is 0.0180. The second kappa shape index (κ2) is 6.12. The van der Waals surface area contributed by atoms with Crippen LogP contribution in [-0.2, 0) is 13.0 Å². The molecule has 0 bridgehead atoms. The quantitative estimate of drug-likeness (QED) is 0.817. The average Bonchev–Trinajstić information content (AvgIpc) is 2.48. The van der Waals surface area contributed by atoms with Crippen molar-refractivity contribution in [1.82, 2.24) is 0 Å². The molecule has 0 unspecified atom stereocenters. The number of aromatic carboxylic acids is 1. The maximum absolute atomic E-state index is 12.2. The van der Waals surface area contributed by atoms with E-state index < -0.39 is 5.97 Å². The fourth-order valence-electron chi connectivity index (χ4n) is 1.96. The number of Topliss-reactive ketones (excluding diaryl/α,β-unsaturated/α-hetero) is 1. The normalized spacial score (nSPS) is 10.2. The van der Waals surface area contributed by atoms with Gasteiger partial charge < -0.3 is 10.2 Å². The SMILES string of the molecule is O=C(O)c1ccccc1C(=O)Cc1ccc(CO)cc1. The number of rotatable bonds is 5. The van der Waals surface area contributed by atoms with E-state index in [0.29, 0.717) is 0 Å². The third-order valence-corrected chi connectivity index (χ3v) is 3.03. The van der Waals surface area contributed by atoms with Crippen molar-refractivity contribution in [1.29, 1.82) is 0 Å². The van der Waals surface area contributed by atoms with Crippen molar-refractivity contribution >= 4 is 11.8 Å². The van der Waals surface area contributed by atoms with Gasteiger partial charge in [0.15, 0.2) is 5.78 Å². The summed E-state index contributed by atoms with van der Waals surface area (Å²) in [5.41, 5.74) is 1.79. The second-order valence-corrected chi connectivity index (χ2v) is 4.43. The summed E-state index contributed by atoms with van der Waals surface area (Å²) in [6, 6.07) is 13.2. The van der Waals surface area contributed by atoms with Crippen molar-refractivity contribution in [3.8, 4) is 0 Å². The van der Waals surface area contributed by atoms with Crippen molar-refractivity contribution in [2.24, 2.45) is 0 Å². The van der Waals surface area contributed by atoms with E-state index in [9.17, 15) is 9.59 Å². The van der Waals surface area contributed by atoms with Crippen molar-refractivity contribution in [3.63, 3.8) is 0 Å². The first-order valence-electron chi connectivity index (χ1n) is 6.16. The van der Waals surface area contributed by atoms with Crippen LogP contribution >= 0.6 is 0 Å². The summed E-state index contributed by atoms with van der Waals surface area (Å²) in [5.74, 6) is -1.34. The van der Waals surface area contributed by atoms with E-state index in [4.69, 9.17) is 10.2 Å². The summed E-state index contributed by atoms with van der Waals surface area (Å²) in [6.45, 7) is -0.0456. The van der Waals surface area contributed by atoms with Gasteiger partial charge in [-0.3, -0.25) is 4.79 Å². The van der Waals surface area contributed by atoms with Gasteiger partial charge in [-0.15, -0.1) is 0 Å². The van der Waals surface area contributed by atoms with E-state index in [1.54, 1.807) is 36.4 Å². The molecule has 0 aliphatic heterocycles. The van der Waals surface area contributed by atoms with Crippen LogP contribution in [0.4, 0.5) is 0 Å². The predicted octanol–water partition coefficient (Wildman–Crippen LogP) is 2.30. The predicted molar refractivity (Wildman–Crippen MR) is 73.8 cm³/mol. The van der Waals surface area contributed by atoms with Gasteiger partial charge in [-0.05, 0) is 17.2 Å². The van der Waals surface area contributed by atoms with Crippen LogP contribution in [-0.4, -0.2) is 22.0 Å². The monoisotopic (exact) mass is 270 g/mol. The van der Waals surface area contributed by atoms with E-state index in [0.717, 1.165) is 11.1 Å². The van der Waals surface area contributed by atoms with Crippen LogP contribution in [0, 0.1) is 0 Å². The maximum Gasteiger partial charge on any atom is 0.336 e. The van der Waals surface area contributed by atoms with Crippen LogP contribution in [0.3, 0.4) is 0 Å². The highest BCUT2D eigenvalue weighted by Gasteiger charge is 2.15. The molecule has 4 nitrogen and oxygen atoms in total. The van der Waals surface area contributed by atoms with Gasteiger partial charge in [-0.25, -0.2) is 4.79 Å². The molecule has 20 heavy (non-hydrogen) atoms. The number of aliphatic hydroxyl groups is 1. The Balaban J connectivity index is 2.21. The van der Waals surface area contributed by atoms with Crippen LogP contribution in [0.5, 0.6) is 0 Å². The molecular weight excluding hydrogens is 256 g/mol.